The summed E-state index contributed by atoms with van der Waals surface area (Å²) < 4.78 is 5.04. The van der Waals surface area contributed by atoms with Crippen LogP contribution in [-0.4, -0.2) is 73.1 Å². The fourth-order valence-corrected chi connectivity index (χ4v) is 2.96. The number of carbonyl (C=O) groups excluding carboxylic acids is 1. The van der Waals surface area contributed by atoms with Crippen molar-refractivity contribution in [2.75, 3.05) is 0 Å². The van der Waals surface area contributed by atoms with Gasteiger partial charge in [0.2, 0.25) is 0 Å². The first-order valence-corrected chi connectivity index (χ1v) is 7.55. The van der Waals surface area contributed by atoms with Crippen molar-refractivity contribution in [1.29, 1.82) is 0 Å². The molecule has 0 saturated heterocycles. The number of ether oxygens (including phenoxy) is 1. The van der Waals surface area contributed by atoms with Crippen molar-refractivity contribution >= 4 is 16.9 Å². The predicted molar refractivity (Wildman–Crippen MR) is 81.9 cm³/mol. The van der Waals surface area contributed by atoms with Crippen LogP contribution in [-0.2, 0) is 16.0 Å². The van der Waals surface area contributed by atoms with E-state index in [0.29, 0.717) is 5.56 Å². The molecule has 24 heavy (non-hydrogen) atoms. The number of aromatic nitrogens is 1. The van der Waals surface area contributed by atoms with Gasteiger partial charge < -0.3 is 35.3 Å². The third-order valence-corrected chi connectivity index (χ3v) is 4.35. The zero-order valence-electron chi connectivity index (χ0n) is 12.6. The maximum atomic E-state index is 12.1. The van der Waals surface area contributed by atoms with E-state index in [1.54, 1.807) is 6.20 Å². The molecule has 1 fully saturated rings. The van der Waals surface area contributed by atoms with Crippen molar-refractivity contribution in [2.24, 2.45) is 0 Å². The number of aliphatic hydroxyl groups is 5. The summed E-state index contributed by atoms with van der Waals surface area (Å²) in [5.41, 5.74) is 1.53. The monoisotopic (exact) mass is 337 g/mol. The molecule has 1 aliphatic carbocycles. The van der Waals surface area contributed by atoms with Crippen LogP contribution >= 0.6 is 0 Å². The highest BCUT2D eigenvalue weighted by atomic mass is 16.6. The second-order valence-electron chi connectivity index (χ2n) is 5.94. The number of H-pyrrole nitrogens is 1. The Balaban J connectivity index is 1.72. The average molecular weight is 337 g/mol. The second kappa shape index (κ2) is 6.50. The maximum Gasteiger partial charge on any atom is 0.310 e. The standard InChI is InChI=1S/C16H19NO7/c18-10(5-7-6-17-9-4-2-1-3-8(7)9)24-16-14(22)12(20)11(19)13(21)15(16)23/h1-4,6,11-17,19-23H,5H2/t11-,12-,13+,14-,15-,16-/m0/s1. The minimum atomic E-state index is -1.73. The Morgan fingerprint density at radius 2 is 1.54 bits per heavy atom. The molecule has 130 valence electrons. The molecule has 0 radical (unpaired) electrons. The first kappa shape index (κ1) is 16.9. The van der Waals surface area contributed by atoms with Gasteiger partial charge in [-0.1, -0.05) is 18.2 Å². The fraction of sp³-hybridized carbons (Fsp3) is 0.438. The van der Waals surface area contributed by atoms with E-state index < -0.39 is 42.6 Å². The molecule has 2 aromatic rings. The van der Waals surface area contributed by atoms with Gasteiger partial charge in [-0.25, -0.2) is 0 Å². The molecular weight excluding hydrogens is 318 g/mol. The molecule has 3 rings (SSSR count). The van der Waals surface area contributed by atoms with Gasteiger partial charge in [-0.3, -0.25) is 4.79 Å². The lowest BCUT2D eigenvalue weighted by atomic mass is 9.85. The molecular formula is C16H19NO7. The summed E-state index contributed by atoms with van der Waals surface area (Å²) in [4.78, 5) is 15.1. The summed E-state index contributed by atoms with van der Waals surface area (Å²) in [7, 11) is 0. The largest absolute Gasteiger partial charge is 0.456 e. The number of aromatic amines is 1. The van der Waals surface area contributed by atoms with Crippen molar-refractivity contribution in [3.05, 3.63) is 36.0 Å². The van der Waals surface area contributed by atoms with Gasteiger partial charge in [0.05, 0.1) is 6.42 Å². The van der Waals surface area contributed by atoms with Crippen molar-refractivity contribution in [1.82, 2.24) is 4.98 Å². The molecule has 1 saturated carbocycles. The van der Waals surface area contributed by atoms with E-state index in [4.69, 9.17) is 4.74 Å². The number of fused-ring (bicyclic) bond motifs is 1. The van der Waals surface area contributed by atoms with Crippen molar-refractivity contribution < 1.29 is 35.1 Å². The molecule has 1 aromatic carbocycles. The molecule has 1 aromatic heterocycles. The van der Waals surface area contributed by atoms with E-state index in [1.807, 2.05) is 24.3 Å². The third-order valence-electron chi connectivity index (χ3n) is 4.35. The van der Waals surface area contributed by atoms with E-state index in [1.165, 1.54) is 0 Å². The number of nitrogens with one attached hydrogen (secondary N) is 1. The van der Waals surface area contributed by atoms with Crippen LogP contribution in [0.15, 0.2) is 30.5 Å². The molecule has 6 N–H and O–H groups in total. The van der Waals surface area contributed by atoms with E-state index in [0.717, 1.165) is 10.9 Å². The zero-order chi connectivity index (χ0) is 17.4. The summed E-state index contributed by atoms with van der Waals surface area (Å²) >= 11 is 0. The van der Waals surface area contributed by atoms with Crippen LogP contribution in [0.2, 0.25) is 0 Å². The topological polar surface area (TPSA) is 143 Å². The van der Waals surface area contributed by atoms with Gasteiger partial charge in [-0.2, -0.15) is 0 Å². The fourth-order valence-electron chi connectivity index (χ4n) is 2.96. The molecule has 6 atom stereocenters. The molecule has 0 amide bonds. The van der Waals surface area contributed by atoms with Gasteiger partial charge in [-0.05, 0) is 11.6 Å². The average Bonchev–Trinajstić information content (AvgIpc) is 2.98. The summed E-state index contributed by atoms with van der Waals surface area (Å²) in [6.07, 6.45) is -8.57. The van der Waals surface area contributed by atoms with Gasteiger partial charge >= 0.3 is 5.97 Å². The highest BCUT2D eigenvalue weighted by molar-refractivity contribution is 5.87. The highest BCUT2D eigenvalue weighted by Gasteiger charge is 2.50. The van der Waals surface area contributed by atoms with Gasteiger partial charge in [0, 0.05) is 17.1 Å². The van der Waals surface area contributed by atoms with E-state index in [2.05, 4.69) is 4.98 Å². The van der Waals surface area contributed by atoms with E-state index >= 15 is 0 Å². The molecule has 8 nitrogen and oxygen atoms in total. The number of hydrogen-bond acceptors (Lipinski definition) is 7. The Labute approximate surface area is 136 Å². The SMILES string of the molecule is O=C(Cc1c[nH]c2ccccc12)O[C@@H]1[C@@H](O)[C@H](O)[C@@H](O)[C@H](O)[C@@H]1O. The summed E-state index contributed by atoms with van der Waals surface area (Å²) in [5, 5.41) is 49.4. The molecule has 1 heterocycles. The Bertz CT molecular complexity index is 714. The second-order valence-corrected chi connectivity index (χ2v) is 5.94. The third kappa shape index (κ3) is 2.90. The lowest BCUT2D eigenvalue weighted by Gasteiger charge is -2.41. The summed E-state index contributed by atoms with van der Waals surface area (Å²) in [5.74, 6) is -0.737. The highest BCUT2D eigenvalue weighted by Crippen LogP contribution is 2.25. The maximum absolute atomic E-state index is 12.1. The number of esters is 1. The lowest BCUT2D eigenvalue weighted by Crippen LogP contribution is -2.64. The number of para-hydroxylation sites is 1. The number of aliphatic hydroxyl groups excluding tert-OH is 5. The molecule has 1 aliphatic rings. The van der Waals surface area contributed by atoms with Gasteiger partial charge in [0.25, 0.3) is 0 Å². The van der Waals surface area contributed by atoms with E-state index in [9.17, 15) is 30.3 Å². The number of benzene rings is 1. The molecule has 0 bridgehead atoms. The number of carbonyl (C=O) groups is 1. The van der Waals surface area contributed by atoms with Crippen LogP contribution in [0.25, 0.3) is 10.9 Å². The lowest BCUT2D eigenvalue weighted by molar-refractivity contribution is -0.233. The van der Waals surface area contributed by atoms with Crippen LogP contribution < -0.4 is 0 Å². The molecule has 0 unspecified atom stereocenters. The van der Waals surface area contributed by atoms with Gasteiger partial charge in [-0.15, -0.1) is 0 Å². The minimum absolute atomic E-state index is 0.116. The Hall–Kier alpha value is -1.97. The normalized spacial score (nSPS) is 33.5. The molecule has 8 heteroatoms. The van der Waals surface area contributed by atoms with Crippen molar-refractivity contribution in [3.8, 4) is 0 Å². The van der Waals surface area contributed by atoms with Crippen LogP contribution in [0.5, 0.6) is 0 Å². The quantitative estimate of drug-likeness (QED) is 0.372. The van der Waals surface area contributed by atoms with Crippen LogP contribution in [0.1, 0.15) is 5.56 Å². The van der Waals surface area contributed by atoms with E-state index in [-0.39, 0.29) is 6.42 Å². The van der Waals surface area contributed by atoms with Crippen molar-refractivity contribution in [3.63, 3.8) is 0 Å². The summed E-state index contributed by atoms with van der Waals surface area (Å²) in [6.45, 7) is 0. The summed E-state index contributed by atoms with van der Waals surface area (Å²) in [6, 6.07) is 7.37. The Morgan fingerprint density at radius 1 is 0.958 bits per heavy atom. The van der Waals surface area contributed by atoms with Crippen molar-refractivity contribution in [2.45, 2.75) is 43.0 Å². The Kier molecular flexibility index (Phi) is 4.57. The first-order valence-electron chi connectivity index (χ1n) is 7.55. The van der Waals surface area contributed by atoms with Gasteiger partial charge in [0.1, 0.15) is 30.5 Å². The molecule has 0 spiro atoms. The smallest absolute Gasteiger partial charge is 0.310 e. The Morgan fingerprint density at radius 3 is 2.21 bits per heavy atom. The van der Waals surface area contributed by atoms with Crippen LogP contribution in [0.4, 0.5) is 0 Å². The van der Waals surface area contributed by atoms with Crippen LogP contribution in [0, 0.1) is 0 Å². The minimum Gasteiger partial charge on any atom is -0.456 e. The predicted octanol–water partition coefficient (Wildman–Crippen LogP) is -1.56. The molecule has 0 aliphatic heterocycles. The number of rotatable bonds is 3. The number of hydrogen-bond donors (Lipinski definition) is 6. The van der Waals surface area contributed by atoms with Crippen LogP contribution in [0.3, 0.4) is 0 Å². The van der Waals surface area contributed by atoms with Gasteiger partial charge in [0.15, 0.2) is 6.10 Å². The first-order chi connectivity index (χ1) is 11.4. The zero-order valence-corrected chi connectivity index (χ0v) is 12.6.